The van der Waals surface area contributed by atoms with Crippen molar-refractivity contribution < 1.29 is 19.1 Å². The Labute approximate surface area is 208 Å². The Balaban J connectivity index is 1.46. The van der Waals surface area contributed by atoms with Crippen molar-refractivity contribution in [2.75, 3.05) is 51.9 Å². The minimum atomic E-state index is -0.221. The van der Waals surface area contributed by atoms with E-state index in [-0.39, 0.29) is 24.0 Å². The highest BCUT2D eigenvalue weighted by molar-refractivity contribution is 6.27. The summed E-state index contributed by atoms with van der Waals surface area (Å²) in [7, 11) is 2.13. The summed E-state index contributed by atoms with van der Waals surface area (Å²) in [5, 5.41) is 3.75. The molecular weight excluding hydrogens is 460 g/mol. The summed E-state index contributed by atoms with van der Waals surface area (Å²) >= 11 is 0. The van der Waals surface area contributed by atoms with Gasteiger partial charge in [0.2, 0.25) is 12.7 Å². The fraction of sp³-hybridized carbons (Fsp3) is 0.370. The minimum Gasteiger partial charge on any atom is -0.454 e. The number of amides is 1. The Morgan fingerprint density at radius 1 is 0.944 bits per heavy atom. The first kappa shape index (κ1) is 22.8. The number of fused-ring (bicyclic) bond motifs is 6. The number of rotatable bonds is 5. The van der Waals surface area contributed by atoms with Crippen LogP contribution in [0.5, 0.6) is 11.5 Å². The number of carbonyl (C=O) groups excluding carboxylic acids is 2. The monoisotopic (exact) mass is 488 g/mol. The maximum absolute atomic E-state index is 13.9. The molecule has 1 saturated heterocycles. The van der Waals surface area contributed by atoms with Crippen molar-refractivity contribution in [3.8, 4) is 22.8 Å². The number of carbonyl (C=O) groups is 2. The zero-order chi connectivity index (χ0) is 25.0. The Hall–Kier alpha value is -3.69. The molecule has 1 aliphatic carbocycles. The molecule has 0 spiro atoms. The number of nitrogens with one attached hydrogen (secondary N) is 1. The van der Waals surface area contributed by atoms with Crippen molar-refractivity contribution >= 4 is 28.2 Å². The topological polar surface area (TPSA) is 93.1 Å². The van der Waals surface area contributed by atoms with Gasteiger partial charge in [0, 0.05) is 61.8 Å². The molecule has 2 aromatic carbocycles. The van der Waals surface area contributed by atoms with Crippen molar-refractivity contribution in [2.45, 2.75) is 19.9 Å². The van der Waals surface area contributed by atoms with Crippen LogP contribution in [0.1, 0.15) is 29.3 Å². The van der Waals surface area contributed by atoms with E-state index in [1.54, 1.807) is 28.8 Å². The molecule has 3 aliphatic rings. The fourth-order valence-corrected chi connectivity index (χ4v) is 5.44. The SMILES string of the molecule is CC(=O)Nc1ccc2c3c(n(CCCN4CCN(C)CC4)c(=O)c2c1)-c1cc2c(cc1C3=O)OCO2. The fourth-order valence-electron chi connectivity index (χ4n) is 5.44. The molecule has 0 saturated carbocycles. The third-order valence-electron chi connectivity index (χ3n) is 7.28. The lowest BCUT2D eigenvalue weighted by Gasteiger charge is -2.32. The lowest BCUT2D eigenvalue weighted by molar-refractivity contribution is -0.114. The van der Waals surface area contributed by atoms with Gasteiger partial charge in [-0.15, -0.1) is 0 Å². The predicted molar refractivity (Wildman–Crippen MR) is 136 cm³/mol. The first-order valence-corrected chi connectivity index (χ1v) is 12.3. The predicted octanol–water partition coefficient (Wildman–Crippen LogP) is 2.54. The summed E-state index contributed by atoms with van der Waals surface area (Å²) in [5.41, 5.74) is 2.71. The second-order valence-electron chi connectivity index (χ2n) is 9.70. The zero-order valence-corrected chi connectivity index (χ0v) is 20.4. The Morgan fingerprint density at radius 2 is 1.67 bits per heavy atom. The first-order valence-electron chi connectivity index (χ1n) is 12.3. The van der Waals surface area contributed by atoms with Gasteiger partial charge in [-0.3, -0.25) is 14.4 Å². The maximum Gasteiger partial charge on any atom is 0.259 e. The number of anilines is 1. The number of ether oxygens (including phenoxy) is 2. The summed E-state index contributed by atoms with van der Waals surface area (Å²) in [6, 6.07) is 8.67. The molecule has 0 unspecified atom stereocenters. The zero-order valence-electron chi connectivity index (χ0n) is 20.4. The molecule has 0 radical (unpaired) electrons. The van der Waals surface area contributed by atoms with E-state index in [4.69, 9.17) is 9.47 Å². The molecule has 1 aromatic heterocycles. The Kier molecular flexibility index (Phi) is 5.54. The van der Waals surface area contributed by atoms with Gasteiger partial charge in [-0.1, -0.05) is 6.07 Å². The smallest absolute Gasteiger partial charge is 0.259 e. The van der Waals surface area contributed by atoms with E-state index in [9.17, 15) is 14.4 Å². The summed E-state index contributed by atoms with van der Waals surface area (Å²) in [6.07, 6.45) is 0.779. The van der Waals surface area contributed by atoms with Crippen molar-refractivity contribution in [1.29, 1.82) is 0 Å². The van der Waals surface area contributed by atoms with E-state index in [0.29, 0.717) is 56.9 Å². The van der Waals surface area contributed by atoms with E-state index in [1.807, 2.05) is 6.07 Å². The van der Waals surface area contributed by atoms with E-state index >= 15 is 0 Å². The molecule has 0 bridgehead atoms. The van der Waals surface area contributed by atoms with E-state index in [2.05, 4.69) is 22.2 Å². The largest absolute Gasteiger partial charge is 0.454 e. The number of hydrogen-bond acceptors (Lipinski definition) is 7. The second-order valence-corrected chi connectivity index (χ2v) is 9.70. The van der Waals surface area contributed by atoms with Gasteiger partial charge in [-0.05, 0) is 44.3 Å². The molecule has 3 heterocycles. The molecule has 1 amide bonds. The standard InChI is InChI=1S/C27H28N4O5/c1-16(32)28-17-4-5-18-21(12-17)27(34)31(7-3-6-30-10-8-29(2)9-11-30)25-19-13-22-23(36-15-35-22)14-20(19)26(33)24(18)25/h4-5,12-14H,3,6-11,15H2,1-2H3,(H,28,32). The van der Waals surface area contributed by atoms with E-state index in [1.165, 1.54) is 6.92 Å². The number of benzene rings is 2. The Bertz CT molecular complexity index is 1470. The van der Waals surface area contributed by atoms with Crippen molar-refractivity contribution in [3.63, 3.8) is 0 Å². The van der Waals surface area contributed by atoms with Gasteiger partial charge in [0.15, 0.2) is 17.3 Å². The second kappa shape index (κ2) is 8.76. The van der Waals surface area contributed by atoms with Crippen LogP contribution in [-0.4, -0.2) is 72.6 Å². The van der Waals surface area contributed by atoms with Gasteiger partial charge in [-0.25, -0.2) is 0 Å². The third kappa shape index (κ3) is 3.75. The van der Waals surface area contributed by atoms with Crippen LogP contribution in [0.3, 0.4) is 0 Å². The number of ketones is 1. The third-order valence-corrected chi connectivity index (χ3v) is 7.28. The van der Waals surface area contributed by atoms with Gasteiger partial charge >= 0.3 is 0 Å². The highest BCUT2D eigenvalue weighted by Gasteiger charge is 2.35. The van der Waals surface area contributed by atoms with Crippen LogP contribution in [0.15, 0.2) is 35.1 Å². The van der Waals surface area contributed by atoms with Gasteiger partial charge in [0.1, 0.15) is 0 Å². The van der Waals surface area contributed by atoms with Crippen molar-refractivity contribution in [1.82, 2.24) is 14.4 Å². The van der Waals surface area contributed by atoms with Gasteiger partial charge in [-0.2, -0.15) is 0 Å². The minimum absolute atomic E-state index is 0.112. The van der Waals surface area contributed by atoms with Crippen LogP contribution in [0.2, 0.25) is 0 Å². The van der Waals surface area contributed by atoms with Crippen LogP contribution in [0.4, 0.5) is 5.69 Å². The molecule has 1 fully saturated rings. The number of nitrogens with zero attached hydrogens (tertiary/aromatic N) is 3. The number of hydrogen-bond donors (Lipinski definition) is 1. The number of likely N-dealkylation sites (N-methyl/N-ethyl adjacent to an activating group) is 1. The summed E-state index contributed by atoms with van der Waals surface area (Å²) in [5.74, 6) is 0.757. The molecular formula is C27H28N4O5. The molecule has 2 aliphatic heterocycles. The molecule has 1 N–H and O–H groups in total. The maximum atomic E-state index is 13.9. The van der Waals surface area contributed by atoms with Crippen LogP contribution in [0.25, 0.3) is 22.0 Å². The average Bonchev–Trinajstić information content (AvgIpc) is 3.43. The van der Waals surface area contributed by atoms with Gasteiger partial charge in [0.25, 0.3) is 5.56 Å². The molecule has 6 rings (SSSR count). The van der Waals surface area contributed by atoms with E-state index < -0.39 is 0 Å². The van der Waals surface area contributed by atoms with Crippen molar-refractivity contribution in [3.05, 3.63) is 51.8 Å². The molecule has 9 heteroatoms. The molecule has 186 valence electrons. The number of piperazine rings is 1. The average molecular weight is 489 g/mol. The molecule has 3 aromatic rings. The normalized spacial score (nSPS) is 16.9. The van der Waals surface area contributed by atoms with Crippen LogP contribution in [-0.2, 0) is 11.3 Å². The lowest BCUT2D eigenvalue weighted by Crippen LogP contribution is -2.44. The molecule has 9 nitrogen and oxygen atoms in total. The molecule has 36 heavy (non-hydrogen) atoms. The van der Waals surface area contributed by atoms with Gasteiger partial charge < -0.3 is 29.2 Å². The summed E-state index contributed by atoms with van der Waals surface area (Å²) in [6.45, 7) is 6.97. The quantitative estimate of drug-likeness (QED) is 0.462. The number of aromatic nitrogens is 1. The Morgan fingerprint density at radius 3 is 2.39 bits per heavy atom. The highest BCUT2D eigenvalue weighted by Crippen LogP contribution is 2.46. The van der Waals surface area contributed by atoms with Crippen molar-refractivity contribution in [2.24, 2.45) is 0 Å². The summed E-state index contributed by atoms with van der Waals surface area (Å²) in [4.78, 5) is 43.9. The van der Waals surface area contributed by atoms with Crippen LogP contribution < -0.4 is 20.3 Å². The number of pyridine rings is 1. The van der Waals surface area contributed by atoms with Gasteiger partial charge in [0.05, 0.1) is 16.6 Å². The lowest BCUT2D eigenvalue weighted by atomic mass is 10.0. The van der Waals surface area contributed by atoms with E-state index in [0.717, 1.165) is 39.1 Å². The molecule has 0 atom stereocenters. The highest BCUT2D eigenvalue weighted by atomic mass is 16.7. The van der Waals surface area contributed by atoms with Crippen LogP contribution >= 0.6 is 0 Å². The first-order chi connectivity index (χ1) is 17.4. The summed E-state index contributed by atoms with van der Waals surface area (Å²) < 4.78 is 12.8. The van der Waals surface area contributed by atoms with Crippen LogP contribution in [0, 0.1) is 0 Å².